The van der Waals surface area contributed by atoms with E-state index in [4.69, 9.17) is 4.74 Å². The molecule has 3 N–H and O–H groups in total. The quantitative estimate of drug-likeness (QED) is 0.368. The summed E-state index contributed by atoms with van der Waals surface area (Å²) in [5.41, 5.74) is 3.61. The Morgan fingerprint density at radius 1 is 1.00 bits per heavy atom. The van der Waals surface area contributed by atoms with Crippen molar-refractivity contribution in [3.05, 3.63) is 59.7 Å². The molecular weight excluding hydrogens is 324 g/mol. The smallest absolute Gasteiger partial charge is 0.190 e. The van der Waals surface area contributed by atoms with E-state index < -0.39 is 0 Å². The van der Waals surface area contributed by atoms with Gasteiger partial charge in [0.2, 0.25) is 0 Å². The number of anilines is 1. The number of aryl methyl sites for hydroxylation is 1. The summed E-state index contributed by atoms with van der Waals surface area (Å²) in [6, 6.07) is 16.5. The van der Waals surface area contributed by atoms with Crippen molar-refractivity contribution in [1.29, 1.82) is 0 Å². The second-order valence-electron chi connectivity index (χ2n) is 6.14. The lowest BCUT2D eigenvalue weighted by atomic mass is 10.1. The van der Waals surface area contributed by atoms with Crippen LogP contribution in [-0.2, 0) is 6.42 Å². The van der Waals surface area contributed by atoms with Crippen molar-refractivity contribution in [2.45, 2.75) is 19.8 Å². The molecule has 0 amide bonds. The van der Waals surface area contributed by atoms with Crippen LogP contribution in [0.15, 0.2) is 53.5 Å². The van der Waals surface area contributed by atoms with Gasteiger partial charge in [-0.3, -0.25) is 4.99 Å². The van der Waals surface area contributed by atoms with Crippen LogP contribution in [-0.4, -0.2) is 39.8 Å². The van der Waals surface area contributed by atoms with Crippen LogP contribution in [0.4, 0.5) is 5.69 Å². The van der Waals surface area contributed by atoms with Crippen molar-refractivity contribution in [3.8, 4) is 5.75 Å². The van der Waals surface area contributed by atoms with E-state index in [0.717, 1.165) is 49.9 Å². The number of guanidine groups is 1. The van der Waals surface area contributed by atoms with Gasteiger partial charge in [0, 0.05) is 32.4 Å². The number of nitrogens with one attached hydrogen (secondary N) is 3. The fraction of sp³-hybridized carbons (Fsp3) is 0.381. The van der Waals surface area contributed by atoms with E-state index in [1.54, 1.807) is 14.2 Å². The summed E-state index contributed by atoms with van der Waals surface area (Å²) >= 11 is 0. The van der Waals surface area contributed by atoms with Crippen molar-refractivity contribution in [1.82, 2.24) is 10.6 Å². The Morgan fingerprint density at radius 2 is 1.77 bits per heavy atom. The maximum Gasteiger partial charge on any atom is 0.190 e. The minimum absolute atomic E-state index is 0.807. The van der Waals surface area contributed by atoms with Gasteiger partial charge in [0.25, 0.3) is 0 Å². The number of ether oxygens (including phenoxy) is 1. The van der Waals surface area contributed by atoms with E-state index in [-0.39, 0.29) is 0 Å². The maximum atomic E-state index is 5.43. The highest BCUT2D eigenvalue weighted by atomic mass is 16.5. The van der Waals surface area contributed by atoms with Gasteiger partial charge < -0.3 is 20.7 Å². The number of rotatable bonds is 9. The summed E-state index contributed by atoms with van der Waals surface area (Å²) in [4.78, 5) is 4.28. The van der Waals surface area contributed by atoms with Crippen LogP contribution in [0, 0.1) is 6.92 Å². The number of nitrogens with zero attached hydrogens (tertiary/aromatic N) is 1. The summed E-state index contributed by atoms with van der Waals surface area (Å²) in [7, 11) is 3.51. The summed E-state index contributed by atoms with van der Waals surface area (Å²) in [6.07, 6.45) is 1.91. The van der Waals surface area contributed by atoms with Gasteiger partial charge in [-0.05, 0) is 43.5 Å². The average Bonchev–Trinajstić information content (AvgIpc) is 2.67. The Kier molecular flexibility index (Phi) is 8.33. The van der Waals surface area contributed by atoms with Gasteiger partial charge in [0.05, 0.1) is 7.11 Å². The zero-order valence-corrected chi connectivity index (χ0v) is 16.0. The molecule has 0 aliphatic carbocycles. The predicted molar refractivity (Wildman–Crippen MR) is 110 cm³/mol. The molecule has 0 aromatic heterocycles. The van der Waals surface area contributed by atoms with E-state index >= 15 is 0 Å². The molecule has 0 unspecified atom stereocenters. The summed E-state index contributed by atoms with van der Waals surface area (Å²) in [5.74, 6) is 1.77. The molecule has 2 aromatic carbocycles. The zero-order chi connectivity index (χ0) is 18.6. The van der Waals surface area contributed by atoms with Crippen LogP contribution < -0.4 is 20.7 Å². The van der Waals surface area contributed by atoms with E-state index in [0.29, 0.717) is 0 Å². The molecule has 0 atom stereocenters. The van der Waals surface area contributed by atoms with Gasteiger partial charge in [-0.2, -0.15) is 0 Å². The minimum atomic E-state index is 0.807. The third-order valence-electron chi connectivity index (χ3n) is 4.10. The fourth-order valence-corrected chi connectivity index (χ4v) is 2.72. The Balaban J connectivity index is 1.66. The van der Waals surface area contributed by atoms with Crippen LogP contribution in [0.25, 0.3) is 0 Å². The van der Waals surface area contributed by atoms with Crippen molar-refractivity contribution in [3.63, 3.8) is 0 Å². The van der Waals surface area contributed by atoms with Gasteiger partial charge in [-0.1, -0.05) is 35.9 Å². The summed E-state index contributed by atoms with van der Waals surface area (Å²) in [5, 5.41) is 10.1. The third kappa shape index (κ3) is 6.67. The van der Waals surface area contributed by atoms with Crippen LogP contribution in [0.1, 0.15) is 17.5 Å². The molecule has 0 saturated heterocycles. The number of para-hydroxylation sites is 1. The standard InChI is InChI=1S/C21H30N4O/c1-17-10-11-20(26-3)18(16-17)12-15-25-21(22-2)24-14-7-13-23-19-8-5-4-6-9-19/h4-6,8-11,16,23H,7,12-15H2,1-3H3,(H2,22,24,25). The maximum absolute atomic E-state index is 5.43. The summed E-state index contributed by atoms with van der Waals surface area (Å²) in [6.45, 7) is 4.70. The molecule has 5 nitrogen and oxygen atoms in total. The minimum Gasteiger partial charge on any atom is -0.496 e. The molecule has 0 bridgehead atoms. The first-order valence-electron chi connectivity index (χ1n) is 9.10. The molecule has 0 spiro atoms. The van der Waals surface area contributed by atoms with Crippen LogP contribution in [0.2, 0.25) is 0 Å². The Labute approximate surface area is 156 Å². The molecule has 0 saturated carbocycles. The molecule has 0 aliphatic heterocycles. The lowest BCUT2D eigenvalue weighted by Crippen LogP contribution is -2.39. The van der Waals surface area contributed by atoms with E-state index in [2.05, 4.69) is 52.1 Å². The Bertz CT molecular complexity index is 686. The molecule has 2 aromatic rings. The largest absolute Gasteiger partial charge is 0.496 e. The lowest BCUT2D eigenvalue weighted by Gasteiger charge is -2.14. The van der Waals surface area contributed by atoms with E-state index in [1.165, 1.54) is 11.1 Å². The van der Waals surface area contributed by atoms with Gasteiger partial charge in [-0.15, -0.1) is 0 Å². The number of hydrogen-bond donors (Lipinski definition) is 3. The summed E-state index contributed by atoms with van der Waals surface area (Å²) < 4.78 is 5.43. The van der Waals surface area contributed by atoms with Crippen molar-refractivity contribution in [2.75, 3.05) is 39.1 Å². The molecule has 0 heterocycles. The van der Waals surface area contributed by atoms with Crippen molar-refractivity contribution in [2.24, 2.45) is 4.99 Å². The monoisotopic (exact) mass is 354 g/mol. The number of benzene rings is 2. The van der Waals surface area contributed by atoms with E-state index in [1.807, 2.05) is 24.3 Å². The van der Waals surface area contributed by atoms with Crippen molar-refractivity contribution >= 4 is 11.6 Å². The third-order valence-corrected chi connectivity index (χ3v) is 4.10. The highest BCUT2D eigenvalue weighted by Gasteiger charge is 2.04. The lowest BCUT2D eigenvalue weighted by molar-refractivity contribution is 0.409. The van der Waals surface area contributed by atoms with Gasteiger partial charge in [0.15, 0.2) is 5.96 Å². The molecule has 0 radical (unpaired) electrons. The number of hydrogen-bond acceptors (Lipinski definition) is 3. The van der Waals surface area contributed by atoms with Crippen LogP contribution in [0.3, 0.4) is 0 Å². The molecule has 0 aliphatic rings. The number of aliphatic imine (C=N–C) groups is 1. The zero-order valence-electron chi connectivity index (χ0n) is 16.0. The van der Waals surface area contributed by atoms with Gasteiger partial charge in [0.1, 0.15) is 5.75 Å². The molecule has 2 rings (SSSR count). The average molecular weight is 354 g/mol. The highest BCUT2D eigenvalue weighted by molar-refractivity contribution is 5.79. The molecule has 0 fully saturated rings. The molecule has 26 heavy (non-hydrogen) atoms. The normalized spacial score (nSPS) is 11.1. The van der Waals surface area contributed by atoms with Crippen LogP contribution >= 0.6 is 0 Å². The van der Waals surface area contributed by atoms with E-state index in [9.17, 15) is 0 Å². The van der Waals surface area contributed by atoms with Crippen LogP contribution in [0.5, 0.6) is 5.75 Å². The second-order valence-corrected chi connectivity index (χ2v) is 6.14. The van der Waals surface area contributed by atoms with Crippen molar-refractivity contribution < 1.29 is 4.74 Å². The first kappa shape index (κ1) is 19.6. The second kappa shape index (κ2) is 11.0. The number of methoxy groups -OCH3 is 1. The highest BCUT2D eigenvalue weighted by Crippen LogP contribution is 2.19. The first-order chi connectivity index (χ1) is 12.7. The Morgan fingerprint density at radius 3 is 2.50 bits per heavy atom. The fourth-order valence-electron chi connectivity index (χ4n) is 2.72. The molecule has 140 valence electrons. The molecule has 5 heteroatoms. The van der Waals surface area contributed by atoms with Gasteiger partial charge >= 0.3 is 0 Å². The predicted octanol–water partition coefficient (Wildman–Crippen LogP) is 3.21. The molecular formula is C21H30N4O. The topological polar surface area (TPSA) is 57.7 Å². The SMILES string of the molecule is CN=C(NCCCNc1ccccc1)NCCc1cc(C)ccc1OC. The van der Waals surface area contributed by atoms with Gasteiger partial charge in [-0.25, -0.2) is 0 Å². The Hall–Kier alpha value is -2.69. The first-order valence-corrected chi connectivity index (χ1v) is 9.10.